The van der Waals surface area contributed by atoms with Crippen molar-refractivity contribution in [3.63, 3.8) is 0 Å². The minimum absolute atomic E-state index is 0.0218. The van der Waals surface area contributed by atoms with E-state index in [1.54, 1.807) is 14.2 Å². The van der Waals surface area contributed by atoms with E-state index in [1.165, 1.54) is 0 Å². The predicted octanol–water partition coefficient (Wildman–Crippen LogP) is 3.04. The number of nitrogens with one attached hydrogen (secondary N) is 1. The predicted molar refractivity (Wildman–Crippen MR) is 99.5 cm³/mol. The quantitative estimate of drug-likeness (QED) is 0.840. The van der Waals surface area contributed by atoms with Gasteiger partial charge in [-0.05, 0) is 50.8 Å². The molecule has 0 spiro atoms. The fraction of sp³-hybridized carbons (Fsp3) is 0.350. The second kappa shape index (κ2) is 8.53. The number of carbonyl (C=O) groups excluding carboxylic acids is 1. The normalized spacial score (nSPS) is 11.9. The van der Waals surface area contributed by atoms with E-state index in [0.717, 1.165) is 11.1 Å². The van der Waals surface area contributed by atoms with E-state index in [9.17, 15) is 4.79 Å². The van der Waals surface area contributed by atoms with E-state index in [2.05, 4.69) is 10.2 Å². The highest BCUT2D eigenvalue weighted by Gasteiger charge is 2.18. The third-order valence-electron chi connectivity index (χ3n) is 4.15. The van der Waals surface area contributed by atoms with Gasteiger partial charge in [-0.3, -0.25) is 4.79 Å². The molecule has 2 aromatic carbocycles. The van der Waals surface area contributed by atoms with Crippen molar-refractivity contribution in [1.29, 1.82) is 0 Å². The first-order valence-electron chi connectivity index (χ1n) is 8.19. The van der Waals surface area contributed by atoms with Gasteiger partial charge < -0.3 is 19.7 Å². The molecule has 2 aromatic rings. The summed E-state index contributed by atoms with van der Waals surface area (Å²) in [6.45, 7) is 2.47. The molecule has 0 aliphatic carbocycles. The Labute approximate surface area is 149 Å². The van der Waals surface area contributed by atoms with Crippen LogP contribution in [0.25, 0.3) is 0 Å². The molecule has 1 amide bonds. The molecule has 0 aromatic heterocycles. The number of hydrogen-bond donors (Lipinski definition) is 1. The van der Waals surface area contributed by atoms with Crippen molar-refractivity contribution in [3.05, 3.63) is 59.2 Å². The van der Waals surface area contributed by atoms with E-state index in [0.29, 0.717) is 23.6 Å². The lowest BCUT2D eigenvalue weighted by molar-refractivity contribution is 0.0942. The van der Waals surface area contributed by atoms with Gasteiger partial charge in [0.25, 0.3) is 5.91 Å². The summed E-state index contributed by atoms with van der Waals surface area (Å²) in [5, 5.41) is 3.02. The molecule has 2 rings (SSSR count). The van der Waals surface area contributed by atoms with Gasteiger partial charge in [-0.1, -0.05) is 23.8 Å². The molecule has 0 heterocycles. The number of rotatable bonds is 7. The first-order valence-corrected chi connectivity index (χ1v) is 8.19. The maximum absolute atomic E-state index is 12.4. The highest BCUT2D eigenvalue weighted by atomic mass is 16.5. The van der Waals surface area contributed by atoms with Crippen LogP contribution in [0.2, 0.25) is 0 Å². The Balaban J connectivity index is 2.15. The summed E-state index contributed by atoms with van der Waals surface area (Å²) in [5.74, 6) is 1.29. The van der Waals surface area contributed by atoms with Crippen LogP contribution in [0.1, 0.15) is 27.5 Å². The number of hydrogen-bond acceptors (Lipinski definition) is 4. The molecule has 0 saturated carbocycles. The second-order valence-corrected chi connectivity index (χ2v) is 6.17. The number of methoxy groups -OCH3 is 2. The summed E-state index contributed by atoms with van der Waals surface area (Å²) < 4.78 is 10.7. The van der Waals surface area contributed by atoms with Crippen LogP contribution in [0.5, 0.6) is 11.5 Å². The van der Waals surface area contributed by atoms with Gasteiger partial charge in [0, 0.05) is 12.1 Å². The molecule has 5 heteroatoms. The number of aryl methyl sites for hydroxylation is 1. The number of benzene rings is 2. The lowest BCUT2D eigenvalue weighted by Gasteiger charge is -2.26. The van der Waals surface area contributed by atoms with Gasteiger partial charge in [-0.25, -0.2) is 0 Å². The minimum atomic E-state index is -0.0731. The van der Waals surface area contributed by atoms with Gasteiger partial charge in [-0.2, -0.15) is 0 Å². The SMILES string of the molecule is COc1ccc(C(CNC(=O)c2cccc(C)c2)N(C)C)cc1OC. The van der Waals surface area contributed by atoms with Crippen LogP contribution in [0.3, 0.4) is 0 Å². The van der Waals surface area contributed by atoms with Crippen LogP contribution < -0.4 is 14.8 Å². The molecule has 0 aliphatic rings. The molecular formula is C20H26N2O3. The van der Waals surface area contributed by atoms with Gasteiger partial charge >= 0.3 is 0 Å². The van der Waals surface area contributed by atoms with Crippen LogP contribution in [0, 0.1) is 6.92 Å². The molecule has 0 aliphatic heterocycles. The Bertz CT molecular complexity index is 729. The zero-order chi connectivity index (χ0) is 18.4. The zero-order valence-corrected chi connectivity index (χ0v) is 15.5. The van der Waals surface area contributed by atoms with Crippen LogP contribution >= 0.6 is 0 Å². The number of amides is 1. The Morgan fingerprint density at radius 2 is 1.80 bits per heavy atom. The second-order valence-electron chi connectivity index (χ2n) is 6.17. The highest BCUT2D eigenvalue weighted by molar-refractivity contribution is 5.94. The minimum Gasteiger partial charge on any atom is -0.493 e. The Morgan fingerprint density at radius 3 is 2.40 bits per heavy atom. The fourth-order valence-electron chi connectivity index (χ4n) is 2.74. The molecule has 0 radical (unpaired) electrons. The first-order chi connectivity index (χ1) is 12.0. The molecule has 0 fully saturated rings. The molecule has 134 valence electrons. The smallest absolute Gasteiger partial charge is 0.251 e. The van der Waals surface area contributed by atoms with Gasteiger partial charge in [0.2, 0.25) is 0 Å². The third kappa shape index (κ3) is 4.73. The van der Waals surface area contributed by atoms with Gasteiger partial charge in [0.15, 0.2) is 11.5 Å². The monoisotopic (exact) mass is 342 g/mol. The molecule has 0 bridgehead atoms. The highest BCUT2D eigenvalue weighted by Crippen LogP contribution is 2.31. The topological polar surface area (TPSA) is 50.8 Å². The standard InChI is InChI=1S/C20H26N2O3/c1-14-7-6-8-16(11-14)20(23)21-13-17(22(2)3)15-9-10-18(24-4)19(12-15)25-5/h6-12,17H,13H2,1-5H3,(H,21,23). The van der Waals surface area contributed by atoms with Crippen molar-refractivity contribution in [2.75, 3.05) is 34.9 Å². The third-order valence-corrected chi connectivity index (χ3v) is 4.15. The van der Waals surface area contributed by atoms with E-state index in [-0.39, 0.29) is 11.9 Å². The molecular weight excluding hydrogens is 316 g/mol. The molecule has 5 nitrogen and oxygen atoms in total. The molecule has 1 N–H and O–H groups in total. The lowest BCUT2D eigenvalue weighted by atomic mass is 10.0. The molecule has 25 heavy (non-hydrogen) atoms. The summed E-state index contributed by atoms with van der Waals surface area (Å²) in [4.78, 5) is 14.5. The Kier molecular flexibility index (Phi) is 6.42. The summed E-state index contributed by atoms with van der Waals surface area (Å²) in [5.41, 5.74) is 2.79. The van der Waals surface area contributed by atoms with E-state index in [1.807, 2.05) is 63.5 Å². The largest absolute Gasteiger partial charge is 0.493 e. The summed E-state index contributed by atoms with van der Waals surface area (Å²) in [6, 6.07) is 13.4. The van der Waals surface area contributed by atoms with E-state index >= 15 is 0 Å². The average Bonchev–Trinajstić information content (AvgIpc) is 2.61. The molecule has 1 unspecified atom stereocenters. The van der Waals surface area contributed by atoms with Crippen molar-refractivity contribution in [2.45, 2.75) is 13.0 Å². The van der Waals surface area contributed by atoms with Crippen LogP contribution in [-0.2, 0) is 0 Å². The van der Waals surface area contributed by atoms with Gasteiger partial charge in [0.1, 0.15) is 0 Å². The first kappa shape index (κ1) is 18.8. The zero-order valence-electron chi connectivity index (χ0n) is 15.5. The van der Waals surface area contributed by atoms with Crippen LogP contribution in [0.4, 0.5) is 0 Å². The van der Waals surface area contributed by atoms with Gasteiger partial charge in [0.05, 0.1) is 20.3 Å². The van der Waals surface area contributed by atoms with Crippen molar-refractivity contribution in [2.24, 2.45) is 0 Å². The van der Waals surface area contributed by atoms with Crippen molar-refractivity contribution in [3.8, 4) is 11.5 Å². The van der Waals surface area contributed by atoms with Crippen LogP contribution in [-0.4, -0.2) is 45.7 Å². The van der Waals surface area contributed by atoms with Crippen molar-refractivity contribution >= 4 is 5.91 Å². The number of carbonyl (C=O) groups is 1. The van der Waals surface area contributed by atoms with Crippen molar-refractivity contribution in [1.82, 2.24) is 10.2 Å². The lowest BCUT2D eigenvalue weighted by Crippen LogP contribution is -2.34. The molecule has 1 atom stereocenters. The molecule has 0 saturated heterocycles. The Morgan fingerprint density at radius 1 is 1.08 bits per heavy atom. The van der Waals surface area contributed by atoms with Gasteiger partial charge in [-0.15, -0.1) is 0 Å². The number of ether oxygens (including phenoxy) is 2. The fourth-order valence-corrected chi connectivity index (χ4v) is 2.74. The van der Waals surface area contributed by atoms with E-state index < -0.39 is 0 Å². The van der Waals surface area contributed by atoms with Crippen LogP contribution in [0.15, 0.2) is 42.5 Å². The average molecular weight is 342 g/mol. The Hall–Kier alpha value is -2.53. The summed E-state index contributed by atoms with van der Waals surface area (Å²) >= 11 is 0. The number of likely N-dealkylation sites (N-methyl/N-ethyl adjacent to an activating group) is 1. The summed E-state index contributed by atoms with van der Waals surface area (Å²) in [6.07, 6.45) is 0. The summed E-state index contributed by atoms with van der Waals surface area (Å²) in [7, 11) is 7.20. The number of nitrogens with zero attached hydrogens (tertiary/aromatic N) is 1. The maximum atomic E-state index is 12.4. The van der Waals surface area contributed by atoms with E-state index in [4.69, 9.17) is 9.47 Å². The maximum Gasteiger partial charge on any atom is 0.251 e. The van der Waals surface area contributed by atoms with Crippen molar-refractivity contribution < 1.29 is 14.3 Å².